The van der Waals surface area contributed by atoms with Gasteiger partial charge in [0.2, 0.25) is 0 Å². The van der Waals surface area contributed by atoms with Gasteiger partial charge in [0, 0.05) is 51.0 Å². The molecular formula is C27H23Cl2N5O4S. The molecule has 0 aliphatic rings. The quantitative estimate of drug-likeness (QED) is 0.254. The first-order valence-electron chi connectivity index (χ1n) is 11.2. The summed E-state index contributed by atoms with van der Waals surface area (Å²) in [7, 11) is -4.32. The maximum Gasteiger partial charge on any atom is 0.282 e. The third-order valence-corrected chi connectivity index (χ3v) is 7.65. The zero-order valence-corrected chi connectivity index (χ0v) is 21.8. The predicted octanol–water partition coefficient (Wildman–Crippen LogP) is 5.08. The Balaban J connectivity index is 0.00000353. The van der Waals surface area contributed by atoms with Crippen LogP contribution < -0.4 is 16.0 Å². The van der Waals surface area contributed by atoms with E-state index in [4.69, 9.17) is 28.9 Å². The number of carbonyl (C=O) groups excluding carboxylic acids is 1. The SMILES string of the molecule is C.Nc1cc(Cn2c(C(=O)NS(=O)(=O)c3cccc(Cl)c3)c(-c3ccc[nH]c3=O)c3cc(Cl)ccc32)ccn1. The third-order valence-electron chi connectivity index (χ3n) is 5.85. The first kappa shape index (κ1) is 27.9. The van der Waals surface area contributed by atoms with Gasteiger partial charge in [-0.05, 0) is 66.2 Å². The van der Waals surface area contributed by atoms with E-state index in [0.717, 1.165) is 0 Å². The Bertz CT molecular complexity index is 1880. The molecule has 0 aliphatic carbocycles. The van der Waals surface area contributed by atoms with E-state index >= 15 is 0 Å². The van der Waals surface area contributed by atoms with Crippen molar-refractivity contribution >= 4 is 55.9 Å². The normalized spacial score (nSPS) is 11.2. The number of hydrogen-bond donors (Lipinski definition) is 3. The number of halogens is 2. The minimum Gasteiger partial charge on any atom is -0.384 e. The van der Waals surface area contributed by atoms with E-state index in [1.807, 2.05) is 0 Å². The molecule has 9 nitrogen and oxygen atoms in total. The largest absolute Gasteiger partial charge is 0.384 e. The van der Waals surface area contributed by atoms with Crippen molar-refractivity contribution in [2.75, 3.05) is 5.73 Å². The van der Waals surface area contributed by atoms with Crippen LogP contribution in [-0.4, -0.2) is 28.9 Å². The number of benzene rings is 2. The molecule has 0 saturated heterocycles. The molecule has 5 aromatic rings. The summed E-state index contributed by atoms with van der Waals surface area (Å²) < 4.78 is 30.1. The van der Waals surface area contributed by atoms with E-state index in [1.54, 1.807) is 47.0 Å². The molecule has 3 heterocycles. The Morgan fingerprint density at radius 1 is 1.03 bits per heavy atom. The number of amides is 1. The van der Waals surface area contributed by atoms with Gasteiger partial charge in [0.05, 0.1) is 4.90 Å². The van der Waals surface area contributed by atoms with Gasteiger partial charge < -0.3 is 15.3 Å². The van der Waals surface area contributed by atoms with E-state index in [0.29, 0.717) is 21.5 Å². The lowest BCUT2D eigenvalue weighted by atomic mass is 10.0. The number of nitrogens with two attached hydrogens (primary N) is 1. The van der Waals surface area contributed by atoms with Crippen LogP contribution in [0.3, 0.4) is 0 Å². The van der Waals surface area contributed by atoms with Crippen molar-refractivity contribution in [2.45, 2.75) is 18.9 Å². The van der Waals surface area contributed by atoms with E-state index < -0.39 is 21.5 Å². The molecule has 3 aromatic heterocycles. The van der Waals surface area contributed by atoms with Crippen LogP contribution in [0.1, 0.15) is 23.5 Å². The van der Waals surface area contributed by atoms with Gasteiger partial charge in [0.1, 0.15) is 11.5 Å². The molecule has 0 bridgehead atoms. The van der Waals surface area contributed by atoms with Gasteiger partial charge in [-0.15, -0.1) is 0 Å². The minimum absolute atomic E-state index is 0. The molecule has 0 saturated carbocycles. The zero-order valence-electron chi connectivity index (χ0n) is 19.5. The zero-order chi connectivity index (χ0) is 27.0. The summed E-state index contributed by atoms with van der Waals surface area (Å²) in [5, 5.41) is 1.05. The van der Waals surface area contributed by atoms with Gasteiger partial charge in [-0.2, -0.15) is 0 Å². The minimum atomic E-state index is -4.32. The number of sulfonamides is 1. The van der Waals surface area contributed by atoms with Crippen LogP contribution in [0, 0.1) is 0 Å². The van der Waals surface area contributed by atoms with Crippen molar-refractivity contribution < 1.29 is 13.2 Å². The molecule has 0 atom stereocenters. The Morgan fingerprint density at radius 2 is 1.79 bits per heavy atom. The van der Waals surface area contributed by atoms with Crippen molar-refractivity contribution in [3.8, 4) is 11.1 Å². The second kappa shape index (κ2) is 10.9. The maximum absolute atomic E-state index is 13.8. The maximum atomic E-state index is 13.8. The van der Waals surface area contributed by atoms with Crippen molar-refractivity contribution in [1.29, 1.82) is 0 Å². The highest BCUT2D eigenvalue weighted by Gasteiger charge is 2.29. The number of pyridine rings is 2. The summed E-state index contributed by atoms with van der Waals surface area (Å²) in [5.41, 5.74) is 6.98. The van der Waals surface area contributed by atoms with Crippen LogP contribution in [0.2, 0.25) is 10.0 Å². The number of nitrogens with one attached hydrogen (secondary N) is 2. The van der Waals surface area contributed by atoms with Crippen LogP contribution >= 0.6 is 23.2 Å². The van der Waals surface area contributed by atoms with Crippen LogP contribution in [0.25, 0.3) is 22.0 Å². The van der Waals surface area contributed by atoms with Gasteiger partial charge in [-0.3, -0.25) is 9.59 Å². The average molecular weight is 584 g/mol. The third kappa shape index (κ3) is 5.53. The number of nitrogen functional groups attached to an aromatic ring is 1. The Hall–Kier alpha value is -4.12. The van der Waals surface area contributed by atoms with Crippen molar-refractivity contribution in [3.05, 3.63) is 111 Å². The van der Waals surface area contributed by atoms with Crippen molar-refractivity contribution in [2.24, 2.45) is 0 Å². The lowest BCUT2D eigenvalue weighted by molar-refractivity contribution is 0.0974. The molecular weight excluding hydrogens is 561 g/mol. The summed E-state index contributed by atoms with van der Waals surface area (Å²) in [6.45, 7) is 0.121. The number of hydrogen-bond acceptors (Lipinski definition) is 6. The number of H-pyrrole nitrogens is 1. The molecule has 200 valence electrons. The first-order chi connectivity index (χ1) is 18.1. The summed E-state index contributed by atoms with van der Waals surface area (Å²) >= 11 is 12.3. The Labute approximate surface area is 234 Å². The lowest BCUT2D eigenvalue weighted by Crippen LogP contribution is -2.33. The molecule has 4 N–H and O–H groups in total. The molecule has 2 aromatic carbocycles. The van der Waals surface area contributed by atoms with Gasteiger partial charge in [0.15, 0.2) is 0 Å². The number of aromatic nitrogens is 3. The predicted molar refractivity (Wildman–Crippen MR) is 154 cm³/mol. The van der Waals surface area contributed by atoms with E-state index in [2.05, 4.69) is 14.7 Å². The summed E-state index contributed by atoms with van der Waals surface area (Å²) in [6.07, 6.45) is 2.99. The molecule has 12 heteroatoms. The van der Waals surface area contributed by atoms with E-state index in [-0.39, 0.29) is 46.5 Å². The van der Waals surface area contributed by atoms with Crippen LogP contribution in [0.15, 0.2) is 88.8 Å². The standard InChI is InChI=1S/C26H19Cl2N5O4S.CH4/c27-16-3-1-4-18(12-16)38(36,37)32-26(35)24-23(19-5-2-9-31-25(19)34)20-13-17(28)6-7-21(20)33(24)14-15-8-10-30-22(29)11-15;/h1-13H,14H2,(H2,29,30)(H,31,34)(H,32,35);1H4. The van der Waals surface area contributed by atoms with Crippen LogP contribution in [0.5, 0.6) is 0 Å². The number of aromatic amines is 1. The number of carbonyl (C=O) groups is 1. The van der Waals surface area contributed by atoms with Gasteiger partial charge in [-0.25, -0.2) is 18.1 Å². The fraction of sp³-hybridized carbons (Fsp3) is 0.0741. The number of nitrogens with zero attached hydrogens (tertiary/aromatic N) is 2. The topological polar surface area (TPSA) is 140 Å². The summed E-state index contributed by atoms with van der Waals surface area (Å²) in [5.74, 6) is -0.672. The van der Waals surface area contributed by atoms with E-state index in [9.17, 15) is 18.0 Å². The number of rotatable bonds is 6. The fourth-order valence-corrected chi connectivity index (χ4v) is 5.68. The second-order valence-corrected chi connectivity index (χ2v) is 10.9. The number of fused-ring (bicyclic) bond motifs is 1. The number of anilines is 1. The Kier molecular flexibility index (Phi) is 7.82. The van der Waals surface area contributed by atoms with Crippen LogP contribution in [0.4, 0.5) is 5.82 Å². The monoisotopic (exact) mass is 583 g/mol. The lowest BCUT2D eigenvalue weighted by Gasteiger charge is -2.14. The highest BCUT2D eigenvalue weighted by molar-refractivity contribution is 7.90. The molecule has 5 rings (SSSR count). The molecule has 0 unspecified atom stereocenters. The fourth-order valence-electron chi connectivity index (χ4n) is 4.26. The first-order valence-corrected chi connectivity index (χ1v) is 13.4. The molecule has 0 fully saturated rings. The molecule has 0 radical (unpaired) electrons. The summed E-state index contributed by atoms with van der Waals surface area (Å²) in [6, 6.07) is 17.0. The Morgan fingerprint density at radius 3 is 2.51 bits per heavy atom. The van der Waals surface area contributed by atoms with Gasteiger partial charge in [0.25, 0.3) is 21.5 Å². The molecule has 0 aliphatic heterocycles. The highest BCUT2D eigenvalue weighted by atomic mass is 35.5. The van der Waals surface area contributed by atoms with Gasteiger partial charge in [-0.1, -0.05) is 36.7 Å². The second-order valence-electron chi connectivity index (χ2n) is 8.37. The average Bonchev–Trinajstić information content (AvgIpc) is 3.17. The highest BCUT2D eigenvalue weighted by Crippen LogP contribution is 2.36. The molecule has 1 amide bonds. The molecule has 39 heavy (non-hydrogen) atoms. The van der Waals surface area contributed by atoms with Crippen molar-refractivity contribution in [3.63, 3.8) is 0 Å². The van der Waals surface area contributed by atoms with Crippen molar-refractivity contribution in [1.82, 2.24) is 19.3 Å². The van der Waals surface area contributed by atoms with Crippen LogP contribution in [-0.2, 0) is 16.6 Å². The molecule has 0 spiro atoms. The van der Waals surface area contributed by atoms with E-state index in [1.165, 1.54) is 36.7 Å². The summed E-state index contributed by atoms with van der Waals surface area (Å²) in [4.78, 5) is 33.1. The van der Waals surface area contributed by atoms with Gasteiger partial charge >= 0.3 is 0 Å². The smallest absolute Gasteiger partial charge is 0.282 e.